The Morgan fingerprint density at radius 3 is 1.91 bits per heavy atom. The zero-order chi connectivity index (χ0) is 15.6. The number of carbonyl (C=O) groups excluding carboxylic acids is 1. The smallest absolute Gasteiger partial charge is 0.170 e. The number of carbonyl (C=O) groups is 1. The molecule has 3 fully saturated rings. The SMILES string of the molecule is Cc1cc(C)c(C2=C(O)[C@H]3C4CCC(CC4)[C@H]3C2=O)c(C)c1. The van der Waals surface area contributed by atoms with Gasteiger partial charge in [0.15, 0.2) is 5.78 Å². The number of rotatable bonds is 1. The second-order valence-electron chi connectivity index (χ2n) is 7.62. The van der Waals surface area contributed by atoms with Gasteiger partial charge in [0, 0.05) is 11.8 Å². The van der Waals surface area contributed by atoms with E-state index in [4.69, 9.17) is 0 Å². The quantitative estimate of drug-likeness (QED) is 0.827. The fourth-order valence-corrected chi connectivity index (χ4v) is 5.51. The van der Waals surface area contributed by atoms with Gasteiger partial charge in [-0.15, -0.1) is 0 Å². The third kappa shape index (κ3) is 1.76. The maximum atomic E-state index is 13.1. The summed E-state index contributed by atoms with van der Waals surface area (Å²) in [4.78, 5) is 13.1. The van der Waals surface area contributed by atoms with Crippen LogP contribution in [0.2, 0.25) is 0 Å². The Bertz CT molecular complexity index is 667. The van der Waals surface area contributed by atoms with Crippen molar-refractivity contribution in [2.75, 3.05) is 0 Å². The summed E-state index contributed by atoms with van der Waals surface area (Å²) in [6.07, 6.45) is 4.71. The number of benzene rings is 1. The maximum absolute atomic E-state index is 13.1. The van der Waals surface area contributed by atoms with Crippen molar-refractivity contribution in [3.63, 3.8) is 0 Å². The van der Waals surface area contributed by atoms with Crippen LogP contribution in [0.4, 0.5) is 0 Å². The Labute approximate surface area is 132 Å². The first kappa shape index (κ1) is 14.0. The molecule has 0 saturated heterocycles. The average Bonchev–Trinajstić information content (AvgIpc) is 2.75. The molecule has 116 valence electrons. The van der Waals surface area contributed by atoms with E-state index in [9.17, 15) is 9.90 Å². The van der Waals surface area contributed by atoms with Gasteiger partial charge in [0.1, 0.15) is 5.76 Å². The molecule has 0 spiro atoms. The number of Topliss-reactive ketones (excluding diaryl/α,β-unsaturated/α-hetero) is 1. The third-order valence-electron chi connectivity index (χ3n) is 6.27. The van der Waals surface area contributed by atoms with Gasteiger partial charge >= 0.3 is 0 Å². The van der Waals surface area contributed by atoms with Crippen molar-refractivity contribution >= 4 is 11.4 Å². The second-order valence-corrected chi connectivity index (χ2v) is 7.62. The predicted octanol–water partition coefficient (Wildman–Crippen LogP) is 4.52. The lowest BCUT2D eigenvalue weighted by atomic mass is 9.59. The highest BCUT2D eigenvalue weighted by atomic mass is 16.3. The molecule has 1 aromatic rings. The van der Waals surface area contributed by atoms with Gasteiger partial charge in [-0.25, -0.2) is 0 Å². The summed E-state index contributed by atoms with van der Waals surface area (Å²) >= 11 is 0. The van der Waals surface area contributed by atoms with E-state index in [0.717, 1.165) is 16.7 Å². The van der Waals surface area contributed by atoms with Gasteiger partial charge in [-0.1, -0.05) is 17.7 Å². The summed E-state index contributed by atoms with van der Waals surface area (Å²) in [6, 6.07) is 4.24. The number of hydrogen-bond donors (Lipinski definition) is 1. The summed E-state index contributed by atoms with van der Waals surface area (Å²) in [5, 5.41) is 10.9. The molecule has 0 amide bonds. The van der Waals surface area contributed by atoms with Crippen LogP contribution < -0.4 is 0 Å². The highest BCUT2D eigenvalue weighted by Crippen LogP contribution is 2.57. The van der Waals surface area contributed by atoms with Crippen molar-refractivity contribution in [3.8, 4) is 0 Å². The second kappa shape index (κ2) is 4.71. The van der Waals surface area contributed by atoms with E-state index in [-0.39, 0.29) is 17.6 Å². The van der Waals surface area contributed by atoms with Gasteiger partial charge in [0.05, 0.1) is 5.57 Å². The molecule has 2 atom stereocenters. The molecule has 2 heteroatoms. The number of aryl methyl sites for hydroxylation is 3. The molecular weight excluding hydrogens is 272 g/mol. The number of fused-ring (bicyclic) bond motifs is 2. The van der Waals surface area contributed by atoms with Crippen molar-refractivity contribution < 1.29 is 9.90 Å². The van der Waals surface area contributed by atoms with Crippen LogP contribution in [-0.2, 0) is 4.79 Å². The van der Waals surface area contributed by atoms with E-state index in [2.05, 4.69) is 32.9 Å². The van der Waals surface area contributed by atoms with Gasteiger partial charge in [-0.05, 0) is 75.0 Å². The largest absolute Gasteiger partial charge is 0.511 e. The van der Waals surface area contributed by atoms with Crippen molar-refractivity contribution in [2.45, 2.75) is 46.5 Å². The van der Waals surface area contributed by atoms with Crippen molar-refractivity contribution in [1.82, 2.24) is 0 Å². The summed E-state index contributed by atoms with van der Waals surface area (Å²) in [6.45, 7) is 6.19. The van der Waals surface area contributed by atoms with E-state index in [0.29, 0.717) is 23.2 Å². The predicted molar refractivity (Wildman–Crippen MR) is 87.6 cm³/mol. The lowest BCUT2D eigenvalue weighted by Crippen LogP contribution is -2.41. The molecule has 22 heavy (non-hydrogen) atoms. The molecule has 1 N–H and O–H groups in total. The van der Waals surface area contributed by atoms with E-state index in [1.165, 1.54) is 31.2 Å². The van der Waals surface area contributed by atoms with Crippen LogP contribution in [0, 0.1) is 44.4 Å². The first-order valence-corrected chi connectivity index (χ1v) is 8.54. The fraction of sp³-hybridized carbons (Fsp3) is 0.550. The highest BCUT2D eigenvalue weighted by molar-refractivity contribution is 6.25. The molecular formula is C20H24O2. The highest BCUT2D eigenvalue weighted by Gasteiger charge is 2.54. The van der Waals surface area contributed by atoms with E-state index < -0.39 is 0 Å². The van der Waals surface area contributed by atoms with Gasteiger partial charge in [-0.2, -0.15) is 0 Å². The Hall–Kier alpha value is -1.57. The summed E-state index contributed by atoms with van der Waals surface area (Å²) in [5.41, 5.74) is 5.06. The molecule has 4 aliphatic rings. The van der Waals surface area contributed by atoms with Crippen LogP contribution in [0.15, 0.2) is 17.9 Å². The van der Waals surface area contributed by atoms with Crippen LogP contribution in [0.5, 0.6) is 0 Å². The minimum atomic E-state index is 0.0580. The van der Waals surface area contributed by atoms with Crippen LogP contribution >= 0.6 is 0 Å². The average molecular weight is 296 g/mol. The lowest BCUT2D eigenvalue weighted by molar-refractivity contribution is -0.123. The molecule has 2 nitrogen and oxygen atoms in total. The number of aliphatic hydroxyl groups excluding tert-OH is 1. The van der Waals surface area contributed by atoms with Gasteiger partial charge in [-0.3, -0.25) is 4.79 Å². The number of aliphatic hydroxyl groups is 1. The van der Waals surface area contributed by atoms with Crippen LogP contribution in [0.1, 0.15) is 47.9 Å². The van der Waals surface area contributed by atoms with E-state index in [1.807, 2.05) is 0 Å². The molecule has 0 unspecified atom stereocenters. The standard InChI is InChI=1S/C20H24O2/c1-10-8-11(2)15(12(3)9-10)18-19(21)16-13-4-5-14(7-6-13)17(16)20(18)22/h8-9,13-14,16-17,21H,4-7H2,1-3H3/t13?,14?,16-,17+/m0/s1. The number of allylic oxidation sites excluding steroid dienone is 2. The molecule has 5 rings (SSSR count). The van der Waals surface area contributed by atoms with Crippen LogP contribution in [0.3, 0.4) is 0 Å². The Morgan fingerprint density at radius 2 is 1.41 bits per heavy atom. The van der Waals surface area contributed by atoms with Gasteiger partial charge < -0.3 is 5.11 Å². The summed E-state index contributed by atoms with van der Waals surface area (Å²) < 4.78 is 0. The van der Waals surface area contributed by atoms with E-state index in [1.54, 1.807) is 0 Å². The normalized spacial score (nSPS) is 33.5. The zero-order valence-electron chi connectivity index (χ0n) is 13.6. The van der Waals surface area contributed by atoms with Crippen molar-refractivity contribution in [2.24, 2.45) is 23.7 Å². The molecule has 0 aliphatic heterocycles. The maximum Gasteiger partial charge on any atom is 0.170 e. The van der Waals surface area contributed by atoms with Gasteiger partial charge in [0.25, 0.3) is 0 Å². The third-order valence-corrected chi connectivity index (χ3v) is 6.27. The van der Waals surface area contributed by atoms with Crippen LogP contribution in [-0.4, -0.2) is 10.9 Å². The first-order chi connectivity index (χ1) is 10.5. The number of hydrogen-bond acceptors (Lipinski definition) is 2. The molecule has 4 aliphatic carbocycles. The molecule has 0 aromatic heterocycles. The summed E-state index contributed by atoms with van der Waals surface area (Å²) in [7, 11) is 0. The molecule has 0 heterocycles. The minimum absolute atomic E-state index is 0.0580. The molecule has 3 saturated carbocycles. The Morgan fingerprint density at radius 1 is 0.909 bits per heavy atom. The van der Waals surface area contributed by atoms with Gasteiger partial charge in [0.2, 0.25) is 0 Å². The topological polar surface area (TPSA) is 37.3 Å². The van der Waals surface area contributed by atoms with Crippen molar-refractivity contribution in [3.05, 3.63) is 40.1 Å². The molecule has 1 aromatic carbocycles. The lowest BCUT2D eigenvalue weighted by Gasteiger charge is -2.44. The zero-order valence-corrected chi connectivity index (χ0v) is 13.6. The Kier molecular flexibility index (Phi) is 3.01. The number of ketones is 1. The monoisotopic (exact) mass is 296 g/mol. The minimum Gasteiger partial charge on any atom is -0.511 e. The summed E-state index contributed by atoms with van der Waals surface area (Å²) in [5.74, 6) is 1.79. The first-order valence-electron chi connectivity index (χ1n) is 8.54. The molecule has 2 bridgehead atoms. The fourth-order valence-electron chi connectivity index (χ4n) is 5.51. The van der Waals surface area contributed by atoms with Crippen molar-refractivity contribution in [1.29, 1.82) is 0 Å². The Balaban J connectivity index is 1.87. The van der Waals surface area contributed by atoms with E-state index >= 15 is 0 Å². The molecule has 0 radical (unpaired) electrons. The van der Waals surface area contributed by atoms with Crippen LogP contribution in [0.25, 0.3) is 5.57 Å².